The molecule has 1 fully saturated rings. The van der Waals surface area contributed by atoms with Crippen molar-refractivity contribution in [2.45, 2.75) is 127 Å². The molecular formula is C36H48F7NO3S. The first-order valence-corrected chi connectivity index (χ1v) is 18.0. The van der Waals surface area contributed by atoms with Gasteiger partial charge in [0, 0.05) is 18.0 Å². The first-order chi connectivity index (χ1) is 22.4. The highest BCUT2D eigenvalue weighted by atomic mass is 32.2. The first-order valence-electron chi connectivity index (χ1n) is 16.5. The molecule has 0 aromatic heterocycles. The van der Waals surface area contributed by atoms with Crippen molar-refractivity contribution in [1.29, 1.82) is 0 Å². The monoisotopic (exact) mass is 707 g/mol. The van der Waals surface area contributed by atoms with Gasteiger partial charge in [0.05, 0.1) is 10.9 Å². The molecule has 1 amide bonds. The quantitative estimate of drug-likeness (QED) is 0.193. The van der Waals surface area contributed by atoms with Crippen molar-refractivity contribution in [3.05, 3.63) is 77.4 Å². The number of fused-ring (bicyclic) bond motifs is 3. The van der Waals surface area contributed by atoms with E-state index in [2.05, 4.69) is 6.58 Å². The molecule has 2 aromatic rings. The van der Waals surface area contributed by atoms with E-state index in [9.17, 15) is 39.6 Å². The van der Waals surface area contributed by atoms with Crippen LogP contribution in [0.2, 0.25) is 0 Å². The fourth-order valence-electron chi connectivity index (χ4n) is 6.85. The molecule has 12 heteroatoms. The molecular weight excluding hydrogens is 659 g/mol. The third-order valence-corrected chi connectivity index (χ3v) is 11.6. The van der Waals surface area contributed by atoms with E-state index >= 15 is 4.39 Å². The summed E-state index contributed by atoms with van der Waals surface area (Å²) >= 11 is 0. The molecule has 48 heavy (non-hydrogen) atoms. The zero-order chi connectivity index (χ0) is 36.7. The number of rotatable bonds is 9. The Morgan fingerprint density at radius 3 is 2.04 bits per heavy atom. The lowest BCUT2D eigenvalue weighted by Gasteiger charge is -2.43. The topological polar surface area (TPSA) is 54.5 Å². The van der Waals surface area contributed by atoms with Crippen molar-refractivity contribution in [2.75, 3.05) is 6.54 Å². The molecule has 0 bridgehead atoms. The van der Waals surface area contributed by atoms with Crippen molar-refractivity contribution < 1.29 is 43.9 Å². The predicted molar refractivity (Wildman–Crippen MR) is 175 cm³/mol. The van der Waals surface area contributed by atoms with Gasteiger partial charge in [-0.15, -0.1) is 6.58 Å². The average molecular weight is 708 g/mol. The lowest BCUT2D eigenvalue weighted by molar-refractivity contribution is -0.348. The normalized spacial score (nSPS) is 19.9. The van der Waals surface area contributed by atoms with Crippen LogP contribution < -0.4 is 0 Å². The smallest absolute Gasteiger partial charge is 0.337 e. The number of alkyl halides is 7. The molecule has 4 rings (SSSR count). The maximum Gasteiger partial charge on any atom is 0.435 e. The number of amides is 1. The highest BCUT2D eigenvalue weighted by Crippen LogP contribution is 2.57. The SMILES string of the molecule is C=CC.CC.CCCCC(CCC)C(=O)N1CCC2(S(=O)(=O)c3ccc(C)cc3)c3ccc(C(F)(C(F)(F)F)C(F)(F)F)cc3CCC12. The summed E-state index contributed by atoms with van der Waals surface area (Å²) in [4.78, 5) is 15.4. The molecule has 3 unspecified atom stereocenters. The number of hydrogen-bond donors (Lipinski definition) is 0. The third-order valence-electron chi connectivity index (χ3n) is 9.05. The van der Waals surface area contributed by atoms with Crippen LogP contribution in [0.1, 0.15) is 102 Å². The number of allylic oxidation sites excluding steroid dienone is 1. The van der Waals surface area contributed by atoms with E-state index in [0.717, 1.165) is 30.9 Å². The number of sulfone groups is 1. The van der Waals surface area contributed by atoms with E-state index in [1.54, 1.807) is 30.0 Å². The summed E-state index contributed by atoms with van der Waals surface area (Å²) in [6.45, 7) is 15.0. The van der Waals surface area contributed by atoms with Crippen LogP contribution >= 0.6 is 0 Å². The van der Waals surface area contributed by atoms with Crippen LogP contribution in [0.4, 0.5) is 30.7 Å². The lowest BCUT2D eigenvalue weighted by Crippen LogP contribution is -2.53. The molecule has 1 aliphatic heterocycles. The third kappa shape index (κ3) is 7.48. The first kappa shape index (κ1) is 41.3. The van der Waals surface area contributed by atoms with Crippen LogP contribution in [0.3, 0.4) is 0 Å². The van der Waals surface area contributed by atoms with Gasteiger partial charge in [0.25, 0.3) is 0 Å². The van der Waals surface area contributed by atoms with Gasteiger partial charge >= 0.3 is 18.0 Å². The number of benzene rings is 2. The van der Waals surface area contributed by atoms with Gasteiger partial charge < -0.3 is 4.90 Å². The Hall–Kier alpha value is -2.89. The summed E-state index contributed by atoms with van der Waals surface area (Å²) in [5, 5.41) is 0. The van der Waals surface area contributed by atoms with Crippen LogP contribution in [0.15, 0.2) is 60.0 Å². The predicted octanol–water partition coefficient (Wildman–Crippen LogP) is 10.3. The molecule has 4 nitrogen and oxygen atoms in total. The Kier molecular flexibility index (Phi) is 13.9. The van der Waals surface area contributed by atoms with Crippen molar-refractivity contribution in [3.63, 3.8) is 0 Å². The number of carbonyl (C=O) groups is 1. The zero-order valence-corrected chi connectivity index (χ0v) is 29.4. The van der Waals surface area contributed by atoms with Crippen LogP contribution in [0.5, 0.6) is 0 Å². The highest BCUT2D eigenvalue weighted by Gasteiger charge is 2.74. The fraction of sp³-hybridized carbons (Fsp3) is 0.583. The van der Waals surface area contributed by atoms with E-state index in [-0.39, 0.29) is 53.7 Å². The van der Waals surface area contributed by atoms with E-state index < -0.39 is 44.2 Å². The zero-order valence-electron chi connectivity index (χ0n) is 28.6. The second-order valence-corrected chi connectivity index (χ2v) is 14.3. The van der Waals surface area contributed by atoms with Gasteiger partial charge in [0.1, 0.15) is 4.75 Å². The number of aryl methyl sites for hydroxylation is 2. The molecule has 0 N–H and O–H groups in total. The number of halogens is 7. The average Bonchev–Trinajstić information content (AvgIpc) is 3.44. The molecule has 1 heterocycles. The van der Waals surface area contributed by atoms with Crippen molar-refractivity contribution in [1.82, 2.24) is 4.90 Å². The van der Waals surface area contributed by atoms with Gasteiger partial charge in [-0.3, -0.25) is 4.79 Å². The maximum atomic E-state index is 15.0. The number of carbonyl (C=O) groups excluding carboxylic acids is 1. The molecule has 3 atom stereocenters. The minimum absolute atomic E-state index is 0.00988. The summed E-state index contributed by atoms with van der Waals surface area (Å²) in [5.74, 6) is -0.532. The number of hydrogen-bond acceptors (Lipinski definition) is 3. The summed E-state index contributed by atoms with van der Waals surface area (Å²) in [7, 11) is -4.35. The molecule has 2 aromatic carbocycles. The van der Waals surface area contributed by atoms with Gasteiger partial charge in [0.2, 0.25) is 5.91 Å². The Bertz CT molecular complexity index is 1470. The van der Waals surface area contributed by atoms with E-state index in [1.165, 1.54) is 12.1 Å². The second kappa shape index (κ2) is 16.2. The lowest BCUT2D eigenvalue weighted by atomic mass is 9.76. The van der Waals surface area contributed by atoms with Crippen LogP contribution in [0.25, 0.3) is 0 Å². The molecule has 0 saturated carbocycles. The Labute approximate surface area is 280 Å². The van der Waals surface area contributed by atoms with Crippen molar-refractivity contribution >= 4 is 15.7 Å². The Morgan fingerprint density at radius 2 is 1.54 bits per heavy atom. The van der Waals surface area contributed by atoms with Gasteiger partial charge in [0.15, 0.2) is 9.84 Å². The summed E-state index contributed by atoms with van der Waals surface area (Å²) in [5.41, 5.74) is -6.61. The minimum Gasteiger partial charge on any atom is -0.337 e. The molecule has 1 saturated heterocycles. The number of unbranched alkanes of at least 4 members (excludes halogenated alkanes) is 1. The van der Waals surface area contributed by atoms with Gasteiger partial charge in [-0.2, -0.15) is 26.3 Å². The molecule has 270 valence electrons. The molecule has 2 aliphatic rings. The summed E-state index contributed by atoms with van der Waals surface area (Å²) < 4.78 is 124. The molecule has 0 radical (unpaired) electrons. The minimum atomic E-state index is -6.30. The largest absolute Gasteiger partial charge is 0.435 e. The van der Waals surface area contributed by atoms with Crippen molar-refractivity contribution in [3.8, 4) is 0 Å². The summed E-state index contributed by atoms with van der Waals surface area (Å²) in [6, 6.07) is 6.89. The van der Waals surface area contributed by atoms with Crippen LogP contribution in [-0.2, 0) is 31.5 Å². The number of nitrogens with zero attached hydrogens (tertiary/aromatic N) is 1. The van der Waals surface area contributed by atoms with E-state index in [4.69, 9.17) is 0 Å². The van der Waals surface area contributed by atoms with Gasteiger partial charge in [-0.1, -0.05) is 88.9 Å². The van der Waals surface area contributed by atoms with E-state index in [0.29, 0.717) is 25.0 Å². The standard InChI is InChI=1S/C31H36F7NO3S.C3H6.C2H6/c1-4-6-8-21(7-5-2)27(40)39-18-17-28(43(41,42)24-13-9-20(3)10-14-24)25-15-12-23(19-22(25)11-16-26(28)39)29(32,30(33,34)35)31(36,37)38;1-3-2;1-2/h9-10,12-15,19,21,26H,4-8,11,16-18H2,1-3H3;3H,1H2,2H3;1-2H3. The molecule has 0 spiro atoms. The van der Waals surface area contributed by atoms with Gasteiger partial charge in [-0.25, -0.2) is 12.8 Å². The maximum absolute atomic E-state index is 15.0. The van der Waals surface area contributed by atoms with E-state index in [1.807, 2.05) is 34.6 Å². The van der Waals surface area contributed by atoms with Crippen molar-refractivity contribution in [2.24, 2.45) is 5.92 Å². The Balaban J connectivity index is 0.00000151. The second-order valence-electron chi connectivity index (χ2n) is 12.1. The fourth-order valence-corrected chi connectivity index (χ4v) is 9.21. The highest BCUT2D eigenvalue weighted by molar-refractivity contribution is 7.92. The number of likely N-dealkylation sites (tertiary alicyclic amines) is 1. The summed E-state index contributed by atoms with van der Waals surface area (Å²) in [6.07, 6.45) is -7.46. The van der Waals surface area contributed by atoms with Crippen LogP contribution in [-0.4, -0.2) is 44.2 Å². The van der Waals surface area contributed by atoms with Crippen LogP contribution in [0, 0.1) is 12.8 Å². The molecule has 1 aliphatic carbocycles. The Morgan fingerprint density at radius 1 is 0.979 bits per heavy atom. The van der Waals surface area contributed by atoms with Gasteiger partial charge in [-0.05, 0) is 69.2 Å².